The Balaban J connectivity index is 1.86. The van der Waals surface area contributed by atoms with Crippen LogP contribution in [-0.4, -0.2) is 40.1 Å². The Bertz CT molecular complexity index is 1490. The molecule has 0 saturated carbocycles. The highest BCUT2D eigenvalue weighted by atomic mass is 19.4. The Kier molecular flexibility index (Phi) is 6.88. The van der Waals surface area contributed by atoms with Crippen LogP contribution >= 0.6 is 0 Å². The zero-order valence-electron chi connectivity index (χ0n) is 19.6. The Morgan fingerprint density at radius 3 is 2.32 bits per heavy atom. The lowest BCUT2D eigenvalue weighted by Crippen LogP contribution is -2.11. The maximum absolute atomic E-state index is 14.7. The molecular formula is C26H20F4N2O5. The van der Waals surface area contributed by atoms with Crippen molar-refractivity contribution >= 4 is 22.8 Å². The van der Waals surface area contributed by atoms with Crippen LogP contribution in [-0.2, 0) is 17.5 Å². The summed E-state index contributed by atoms with van der Waals surface area (Å²) in [6.07, 6.45) is -4.74. The van der Waals surface area contributed by atoms with Gasteiger partial charge in [-0.3, -0.25) is 4.79 Å². The number of benzene rings is 2. The lowest BCUT2D eigenvalue weighted by molar-refractivity contribution is -0.141. The molecule has 2 aromatic carbocycles. The highest BCUT2D eigenvalue weighted by Crippen LogP contribution is 2.34. The summed E-state index contributed by atoms with van der Waals surface area (Å²) in [6, 6.07) is 11.7. The summed E-state index contributed by atoms with van der Waals surface area (Å²) in [7, 11) is 1.47. The summed E-state index contributed by atoms with van der Waals surface area (Å²) in [5, 5.41) is 8.99. The fourth-order valence-corrected chi connectivity index (χ4v) is 3.94. The Morgan fingerprint density at radius 2 is 1.70 bits per heavy atom. The highest BCUT2D eigenvalue weighted by molar-refractivity contribution is 6.17. The molecular weight excluding hydrogens is 496 g/mol. The van der Waals surface area contributed by atoms with Gasteiger partial charge in [-0.2, -0.15) is 13.2 Å². The minimum absolute atomic E-state index is 0.00514. The van der Waals surface area contributed by atoms with Gasteiger partial charge in [-0.25, -0.2) is 14.2 Å². The van der Waals surface area contributed by atoms with Crippen LogP contribution in [0.3, 0.4) is 0 Å². The summed E-state index contributed by atoms with van der Waals surface area (Å²) < 4.78 is 66.6. The second-order valence-electron chi connectivity index (χ2n) is 8.11. The number of ether oxygens (including phenoxy) is 2. The molecule has 11 heteroatoms. The number of carboxylic acid groups (broad SMARTS) is 1. The number of ketones is 1. The molecule has 192 valence electrons. The van der Waals surface area contributed by atoms with Crippen molar-refractivity contribution in [1.82, 2.24) is 9.55 Å². The van der Waals surface area contributed by atoms with Crippen LogP contribution < -0.4 is 9.47 Å². The van der Waals surface area contributed by atoms with Crippen LogP contribution in [0.15, 0.2) is 54.6 Å². The maximum Gasteiger partial charge on any atom is 0.433 e. The van der Waals surface area contributed by atoms with Gasteiger partial charge in [-0.05, 0) is 61.5 Å². The van der Waals surface area contributed by atoms with E-state index in [9.17, 15) is 27.2 Å². The first-order chi connectivity index (χ1) is 17.5. The summed E-state index contributed by atoms with van der Waals surface area (Å²) in [4.78, 5) is 28.0. The molecule has 0 saturated heterocycles. The van der Waals surface area contributed by atoms with Crippen molar-refractivity contribution in [2.24, 2.45) is 0 Å². The molecule has 4 rings (SSSR count). The summed E-state index contributed by atoms with van der Waals surface area (Å²) in [5.41, 5.74) is -0.635. The number of nitrogens with zero attached hydrogens (tertiary/aromatic N) is 2. The van der Waals surface area contributed by atoms with Gasteiger partial charge >= 0.3 is 12.1 Å². The number of fused-ring (bicyclic) bond motifs is 1. The van der Waals surface area contributed by atoms with Crippen molar-refractivity contribution in [3.05, 3.63) is 88.5 Å². The van der Waals surface area contributed by atoms with Crippen molar-refractivity contribution in [2.75, 3.05) is 13.7 Å². The molecule has 0 fully saturated rings. The third-order valence-corrected chi connectivity index (χ3v) is 5.74. The van der Waals surface area contributed by atoms with Gasteiger partial charge in [0.15, 0.2) is 12.4 Å². The number of aromatic nitrogens is 2. The standard InChI is InChI=1S/C26H20F4N2O5/c1-14-23(24(35)15-3-5-17(36-2)6-4-15)19-8-10-21(26(28,29)30)31-25(19)32(14)12-16-11-18(7-9-20(16)27)37-13-22(33)34/h3-11H,12-13H2,1-2H3,(H,33,34). The molecule has 1 N–H and O–H groups in total. The second-order valence-corrected chi connectivity index (χ2v) is 8.11. The predicted octanol–water partition coefficient (Wildman–Crippen LogP) is 5.25. The van der Waals surface area contributed by atoms with Gasteiger partial charge in [-0.1, -0.05) is 0 Å². The number of rotatable bonds is 8. The van der Waals surface area contributed by atoms with E-state index in [4.69, 9.17) is 14.6 Å². The molecule has 0 aliphatic heterocycles. The molecule has 7 nitrogen and oxygen atoms in total. The number of carboxylic acids is 1. The predicted molar refractivity (Wildman–Crippen MR) is 125 cm³/mol. The van der Waals surface area contributed by atoms with Crippen molar-refractivity contribution in [3.63, 3.8) is 0 Å². The molecule has 0 atom stereocenters. The van der Waals surface area contributed by atoms with E-state index in [1.54, 1.807) is 12.1 Å². The molecule has 0 amide bonds. The zero-order valence-corrected chi connectivity index (χ0v) is 19.6. The van der Waals surface area contributed by atoms with E-state index in [1.165, 1.54) is 48.9 Å². The molecule has 37 heavy (non-hydrogen) atoms. The molecule has 2 aromatic heterocycles. The van der Waals surface area contributed by atoms with Crippen LogP contribution in [0.2, 0.25) is 0 Å². The van der Waals surface area contributed by atoms with E-state index in [1.807, 2.05) is 0 Å². The number of hydrogen-bond donors (Lipinski definition) is 1. The number of hydrogen-bond acceptors (Lipinski definition) is 5. The lowest BCUT2D eigenvalue weighted by Gasteiger charge is -2.12. The van der Waals surface area contributed by atoms with E-state index in [2.05, 4.69) is 4.98 Å². The summed E-state index contributed by atoms with van der Waals surface area (Å²) in [6.45, 7) is 0.588. The molecule has 0 radical (unpaired) electrons. The SMILES string of the molecule is COc1ccc(C(=O)c2c(C)n(Cc3cc(OCC(=O)O)ccc3F)c3nc(C(F)(F)F)ccc23)cc1. The fourth-order valence-electron chi connectivity index (χ4n) is 3.94. The minimum Gasteiger partial charge on any atom is -0.497 e. The van der Waals surface area contributed by atoms with Gasteiger partial charge in [0.2, 0.25) is 0 Å². The molecule has 0 spiro atoms. The fraction of sp³-hybridized carbons (Fsp3) is 0.192. The maximum atomic E-state index is 14.7. The molecule has 0 unspecified atom stereocenters. The number of halogens is 4. The molecule has 2 heterocycles. The molecule has 0 aliphatic carbocycles. The smallest absolute Gasteiger partial charge is 0.433 e. The normalized spacial score (nSPS) is 11.5. The Morgan fingerprint density at radius 1 is 1.03 bits per heavy atom. The van der Waals surface area contributed by atoms with E-state index >= 15 is 0 Å². The Hall–Kier alpha value is -4.41. The molecule has 4 aromatic rings. The van der Waals surface area contributed by atoms with Crippen molar-refractivity contribution in [2.45, 2.75) is 19.6 Å². The van der Waals surface area contributed by atoms with Crippen LogP contribution in [0.4, 0.5) is 17.6 Å². The lowest BCUT2D eigenvalue weighted by atomic mass is 10.0. The first kappa shape index (κ1) is 25.7. The van der Waals surface area contributed by atoms with Gasteiger partial charge in [0.05, 0.1) is 19.2 Å². The molecule has 0 aliphatic rings. The summed E-state index contributed by atoms with van der Waals surface area (Å²) in [5.74, 6) is -1.80. The number of methoxy groups -OCH3 is 1. The topological polar surface area (TPSA) is 90.7 Å². The van der Waals surface area contributed by atoms with E-state index in [0.717, 1.165) is 12.1 Å². The van der Waals surface area contributed by atoms with Gasteiger partial charge in [-0.15, -0.1) is 0 Å². The number of aliphatic carboxylic acids is 1. The van der Waals surface area contributed by atoms with Crippen molar-refractivity contribution in [3.8, 4) is 11.5 Å². The van der Waals surface area contributed by atoms with E-state index < -0.39 is 36.0 Å². The van der Waals surface area contributed by atoms with Gasteiger partial charge in [0, 0.05) is 22.2 Å². The largest absolute Gasteiger partial charge is 0.497 e. The van der Waals surface area contributed by atoms with Gasteiger partial charge < -0.3 is 19.1 Å². The van der Waals surface area contributed by atoms with E-state index in [-0.39, 0.29) is 45.7 Å². The monoisotopic (exact) mass is 516 g/mol. The third-order valence-electron chi connectivity index (χ3n) is 5.74. The minimum atomic E-state index is -4.74. The second kappa shape index (κ2) is 9.92. The van der Waals surface area contributed by atoms with E-state index in [0.29, 0.717) is 5.75 Å². The van der Waals surface area contributed by atoms with Crippen LogP contribution in [0, 0.1) is 12.7 Å². The quantitative estimate of drug-likeness (QED) is 0.254. The van der Waals surface area contributed by atoms with Crippen LogP contribution in [0.1, 0.15) is 32.9 Å². The van der Waals surface area contributed by atoms with Gasteiger partial charge in [0.25, 0.3) is 0 Å². The third kappa shape index (κ3) is 5.25. The first-order valence-electron chi connectivity index (χ1n) is 10.9. The highest BCUT2D eigenvalue weighted by Gasteiger charge is 2.34. The Labute approximate surface area is 207 Å². The summed E-state index contributed by atoms with van der Waals surface area (Å²) >= 11 is 0. The number of carbonyl (C=O) groups is 2. The van der Waals surface area contributed by atoms with Crippen molar-refractivity contribution < 1.29 is 41.7 Å². The van der Waals surface area contributed by atoms with Crippen LogP contribution in [0.25, 0.3) is 11.0 Å². The molecule has 0 bridgehead atoms. The first-order valence-corrected chi connectivity index (χ1v) is 10.9. The number of alkyl halides is 3. The number of carbonyl (C=O) groups excluding carboxylic acids is 1. The van der Waals surface area contributed by atoms with Gasteiger partial charge in [0.1, 0.15) is 28.7 Å². The van der Waals surface area contributed by atoms with Crippen LogP contribution in [0.5, 0.6) is 11.5 Å². The average Bonchev–Trinajstić information content (AvgIpc) is 3.13. The number of pyridine rings is 1. The van der Waals surface area contributed by atoms with Crippen molar-refractivity contribution in [1.29, 1.82) is 0 Å². The zero-order chi connectivity index (χ0) is 26.9. The average molecular weight is 516 g/mol.